The van der Waals surface area contributed by atoms with Crippen LogP contribution >= 0.6 is 0 Å². The van der Waals surface area contributed by atoms with Crippen molar-refractivity contribution >= 4 is 17.8 Å². The first-order chi connectivity index (χ1) is 16.1. The topological polar surface area (TPSA) is 125 Å². The molecular formula is C24H20F2N2O6. The molecule has 0 radical (unpaired) electrons. The zero-order valence-electron chi connectivity index (χ0n) is 18.1. The Kier molecular flexibility index (Phi) is 8.85. The second-order valence-corrected chi connectivity index (χ2v) is 7.03. The molecule has 2 aromatic carbocycles. The van der Waals surface area contributed by atoms with Gasteiger partial charge in [-0.2, -0.15) is 0 Å². The van der Waals surface area contributed by atoms with E-state index in [9.17, 15) is 23.2 Å². The minimum atomic E-state index is -3.14. The average Bonchev–Trinajstić information content (AvgIpc) is 2.84. The predicted molar refractivity (Wildman–Crippen MR) is 116 cm³/mol. The summed E-state index contributed by atoms with van der Waals surface area (Å²) in [6.45, 7) is 0.929. The van der Waals surface area contributed by atoms with Crippen molar-refractivity contribution in [2.75, 3.05) is 7.11 Å². The lowest BCUT2D eigenvalue weighted by molar-refractivity contribution is -0.157. The molecule has 2 rings (SSSR count). The molecule has 0 spiro atoms. The second-order valence-electron chi connectivity index (χ2n) is 7.03. The molecule has 8 nitrogen and oxygen atoms in total. The predicted octanol–water partition coefficient (Wildman–Crippen LogP) is 2.06. The monoisotopic (exact) mass is 470 g/mol. The van der Waals surface area contributed by atoms with Crippen LogP contribution in [0.3, 0.4) is 0 Å². The number of methoxy groups -OCH3 is 1. The van der Waals surface area contributed by atoms with Gasteiger partial charge in [-0.3, -0.25) is 14.8 Å². The van der Waals surface area contributed by atoms with E-state index in [1.54, 1.807) is 12.1 Å². The van der Waals surface area contributed by atoms with Crippen LogP contribution in [0.2, 0.25) is 0 Å². The lowest BCUT2D eigenvalue weighted by atomic mass is 9.95. The van der Waals surface area contributed by atoms with Gasteiger partial charge in [0, 0.05) is 23.8 Å². The molecular weight excluding hydrogens is 450 g/mol. The average molecular weight is 470 g/mol. The van der Waals surface area contributed by atoms with Crippen LogP contribution in [0.5, 0.6) is 0 Å². The Bertz CT molecular complexity index is 1170. The summed E-state index contributed by atoms with van der Waals surface area (Å²) in [6, 6.07) is 9.81. The molecule has 0 aliphatic carbocycles. The summed E-state index contributed by atoms with van der Waals surface area (Å²) in [5.74, 6) is 7.62. The van der Waals surface area contributed by atoms with E-state index in [1.165, 1.54) is 41.9 Å². The van der Waals surface area contributed by atoms with Crippen LogP contribution in [0.1, 0.15) is 38.8 Å². The summed E-state index contributed by atoms with van der Waals surface area (Å²) < 4.78 is 31.7. The highest BCUT2D eigenvalue weighted by molar-refractivity contribution is 5.98. The third-order valence-electron chi connectivity index (χ3n) is 4.85. The SMILES string of the molecule is COC(C)(C(F)F)C(NC(=O)c1ccc(C#CC#Cc2ccc(C(=O)O)cc2)cc1)C(=O)NO. The van der Waals surface area contributed by atoms with Crippen LogP contribution in [0.25, 0.3) is 0 Å². The minimum absolute atomic E-state index is 0.0543. The molecule has 0 aliphatic heterocycles. The number of rotatable bonds is 7. The standard InChI is InChI=1S/C24H20F2N2O6/c1-24(34-2,23(25)26)19(21(30)28-33)27-20(29)17-11-7-15(8-12-17)5-3-4-6-16-9-13-18(14-10-16)22(31)32/h7-14,19,23,33H,1-2H3,(H,27,29)(H,28,30)(H,31,32). The van der Waals surface area contributed by atoms with Gasteiger partial charge >= 0.3 is 5.97 Å². The fourth-order valence-corrected chi connectivity index (χ4v) is 2.69. The number of hydrogen-bond donors (Lipinski definition) is 4. The smallest absolute Gasteiger partial charge is 0.335 e. The van der Waals surface area contributed by atoms with E-state index >= 15 is 0 Å². The van der Waals surface area contributed by atoms with Crippen molar-refractivity contribution in [1.82, 2.24) is 10.8 Å². The highest BCUT2D eigenvalue weighted by atomic mass is 19.3. The number of benzene rings is 2. The number of halogens is 2. The zero-order chi connectivity index (χ0) is 25.3. The van der Waals surface area contributed by atoms with Gasteiger partial charge in [-0.1, -0.05) is 11.8 Å². The van der Waals surface area contributed by atoms with Gasteiger partial charge in [0.2, 0.25) is 0 Å². The van der Waals surface area contributed by atoms with E-state index in [0.29, 0.717) is 11.1 Å². The number of alkyl halides is 2. The molecule has 0 saturated heterocycles. The number of amides is 2. The van der Waals surface area contributed by atoms with E-state index < -0.39 is 35.9 Å². The molecule has 176 valence electrons. The zero-order valence-corrected chi connectivity index (χ0v) is 18.1. The normalized spacial score (nSPS) is 12.8. The van der Waals surface area contributed by atoms with Crippen LogP contribution in [0.15, 0.2) is 48.5 Å². The molecule has 0 aliphatic rings. The van der Waals surface area contributed by atoms with Gasteiger partial charge in [0.1, 0.15) is 6.04 Å². The maximum Gasteiger partial charge on any atom is 0.335 e. The van der Waals surface area contributed by atoms with Crippen molar-refractivity contribution in [3.8, 4) is 23.7 Å². The number of carbonyl (C=O) groups is 3. The molecule has 2 aromatic rings. The second kappa shape index (κ2) is 11.6. The van der Waals surface area contributed by atoms with Gasteiger partial charge in [-0.05, 0) is 67.3 Å². The maximum absolute atomic E-state index is 13.5. The first-order valence-electron chi connectivity index (χ1n) is 9.66. The number of hydroxylamine groups is 1. The maximum atomic E-state index is 13.5. The van der Waals surface area contributed by atoms with Crippen molar-refractivity contribution in [3.63, 3.8) is 0 Å². The highest BCUT2D eigenvalue weighted by Gasteiger charge is 2.48. The van der Waals surface area contributed by atoms with Gasteiger partial charge in [0.05, 0.1) is 5.56 Å². The molecule has 0 aromatic heterocycles. The molecule has 2 amide bonds. The summed E-state index contributed by atoms with van der Waals surface area (Å²) in [4.78, 5) is 35.2. The van der Waals surface area contributed by atoms with E-state index in [2.05, 4.69) is 29.0 Å². The Hall–Kier alpha value is -4.25. The Morgan fingerprint density at radius 3 is 1.79 bits per heavy atom. The van der Waals surface area contributed by atoms with Crippen LogP contribution in [0, 0.1) is 23.7 Å². The van der Waals surface area contributed by atoms with Crippen molar-refractivity contribution in [1.29, 1.82) is 0 Å². The van der Waals surface area contributed by atoms with Gasteiger partial charge in [0.15, 0.2) is 5.60 Å². The van der Waals surface area contributed by atoms with Crippen LogP contribution in [-0.4, -0.2) is 53.3 Å². The Labute approximate surface area is 193 Å². The third kappa shape index (κ3) is 6.39. The van der Waals surface area contributed by atoms with Gasteiger partial charge in [0.25, 0.3) is 18.2 Å². The minimum Gasteiger partial charge on any atom is -0.478 e. The number of hydrogen-bond acceptors (Lipinski definition) is 5. The molecule has 2 atom stereocenters. The summed E-state index contributed by atoms with van der Waals surface area (Å²) in [5, 5.41) is 19.9. The number of nitrogens with one attached hydrogen (secondary N) is 2. The van der Waals surface area contributed by atoms with E-state index in [0.717, 1.165) is 14.0 Å². The first kappa shape index (κ1) is 26.0. The summed E-state index contributed by atoms with van der Waals surface area (Å²) >= 11 is 0. The largest absolute Gasteiger partial charge is 0.478 e. The molecule has 0 fully saturated rings. The lowest BCUT2D eigenvalue weighted by Crippen LogP contribution is -2.62. The van der Waals surface area contributed by atoms with Crippen molar-refractivity contribution in [2.45, 2.75) is 25.0 Å². The molecule has 0 heterocycles. The molecule has 0 saturated carbocycles. The molecule has 4 N–H and O–H groups in total. The molecule has 0 bridgehead atoms. The van der Waals surface area contributed by atoms with Crippen molar-refractivity contribution in [2.24, 2.45) is 0 Å². The van der Waals surface area contributed by atoms with Gasteiger partial charge in [-0.25, -0.2) is 19.1 Å². The number of carbonyl (C=O) groups excluding carboxylic acids is 2. The Balaban J connectivity index is 2.11. The van der Waals surface area contributed by atoms with Crippen LogP contribution in [-0.2, 0) is 9.53 Å². The number of carboxylic acid groups (broad SMARTS) is 1. The van der Waals surface area contributed by atoms with E-state index in [-0.39, 0.29) is 11.1 Å². The highest BCUT2D eigenvalue weighted by Crippen LogP contribution is 2.24. The molecule has 10 heteroatoms. The summed E-state index contributed by atoms with van der Waals surface area (Å²) in [7, 11) is 0.956. The fraction of sp³-hybridized carbons (Fsp3) is 0.208. The van der Waals surface area contributed by atoms with Gasteiger partial charge < -0.3 is 15.2 Å². The Morgan fingerprint density at radius 2 is 1.41 bits per heavy atom. The fourth-order valence-electron chi connectivity index (χ4n) is 2.69. The van der Waals surface area contributed by atoms with Gasteiger partial charge in [-0.15, -0.1) is 0 Å². The summed E-state index contributed by atoms with van der Waals surface area (Å²) in [6.07, 6.45) is -3.14. The number of ether oxygens (including phenoxy) is 1. The quantitative estimate of drug-likeness (QED) is 0.279. The molecule has 2 unspecified atom stereocenters. The molecule has 34 heavy (non-hydrogen) atoms. The third-order valence-corrected chi connectivity index (χ3v) is 4.85. The van der Waals surface area contributed by atoms with E-state index in [4.69, 9.17) is 15.1 Å². The van der Waals surface area contributed by atoms with Crippen molar-refractivity contribution in [3.05, 3.63) is 70.8 Å². The van der Waals surface area contributed by atoms with Crippen molar-refractivity contribution < 1.29 is 38.2 Å². The van der Waals surface area contributed by atoms with E-state index in [1.807, 2.05) is 0 Å². The lowest BCUT2D eigenvalue weighted by Gasteiger charge is -2.34. The Morgan fingerprint density at radius 1 is 0.941 bits per heavy atom. The first-order valence-corrected chi connectivity index (χ1v) is 9.66. The van der Waals surface area contributed by atoms with Crippen LogP contribution < -0.4 is 10.8 Å². The number of aromatic carboxylic acids is 1. The number of carboxylic acids is 1. The summed E-state index contributed by atoms with van der Waals surface area (Å²) in [5.41, 5.74) is 0.148. The van der Waals surface area contributed by atoms with Crippen LogP contribution in [0.4, 0.5) is 8.78 Å².